The average Bonchev–Trinajstić information content (AvgIpc) is 2.28. The van der Waals surface area contributed by atoms with Gasteiger partial charge in [-0.1, -0.05) is 0 Å². The average molecular weight is 240 g/mol. The summed E-state index contributed by atoms with van der Waals surface area (Å²) in [6.07, 6.45) is -0.712. The number of non-ortho nitro benzene ring substituents is 1. The quantitative estimate of drug-likeness (QED) is 0.612. The molecule has 0 aliphatic rings. The molecule has 0 aromatic heterocycles. The summed E-state index contributed by atoms with van der Waals surface area (Å²) >= 11 is 0. The molecule has 17 heavy (non-hydrogen) atoms. The van der Waals surface area contributed by atoms with Gasteiger partial charge in [0.25, 0.3) is 5.69 Å². The van der Waals surface area contributed by atoms with E-state index in [1.807, 2.05) is 0 Å². The second-order valence-corrected chi connectivity index (χ2v) is 3.24. The Hall–Kier alpha value is -2.15. The first-order valence-electron chi connectivity index (χ1n) is 4.84. The third kappa shape index (κ3) is 3.72. The summed E-state index contributed by atoms with van der Waals surface area (Å²) in [5.41, 5.74) is 0.940. The van der Waals surface area contributed by atoms with E-state index in [-0.39, 0.29) is 18.9 Å². The van der Waals surface area contributed by atoms with Crippen LogP contribution >= 0.6 is 0 Å². The highest BCUT2D eigenvalue weighted by Crippen LogP contribution is 2.21. The van der Waals surface area contributed by atoms with E-state index >= 15 is 0 Å². The molecule has 7 nitrogen and oxygen atoms in total. The largest absolute Gasteiger partial charge is 0.447 e. The zero-order valence-electron chi connectivity index (χ0n) is 9.17. The van der Waals surface area contributed by atoms with Gasteiger partial charge in [0, 0.05) is 17.8 Å². The minimum atomic E-state index is -0.712. The second kappa shape index (κ2) is 5.80. The highest BCUT2D eigenvalue weighted by molar-refractivity contribution is 5.85. The maximum absolute atomic E-state index is 11.2. The van der Waals surface area contributed by atoms with Crippen LogP contribution < -0.4 is 5.32 Å². The lowest BCUT2D eigenvalue weighted by Gasteiger charge is -2.08. The number of benzene rings is 1. The Morgan fingerprint density at radius 1 is 1.59 bits per heavy atom. The standard InChI is InChI=1S/C10H12N2O5/c1-7-6-8(12(15)16)2-3-9(7)11-10(14)17-5-4-13/h2-3,6,13H,4-5H2,1H3,(H,11,14). The molecule has 0 aliphatic heterocycles. The third-order valence-electron chi connectivity index (χ3n) is 1.98. The van der Waals surface area contributed by atoms with Crippen LogP contribution in [0.15, 0.2) is 18.2 Å². The van der Waals surface area contributed by atoms with Crippen LogP contribution in [0, 0.1) is 17.0 Å². The van der Waals surface area contributed by atoms with Crippen LogP contribution in [0.25, 0.3) is 0 Å². The third-order valence-corrected chi connectivity index (χ3v) is 1.98. The number of nitro benzene ring substituents is 1. The predicted molar refractivity (Wildman–Crippen MR) is 59.9 cm³/mol. The van der Waals surface area contributed by atoms with Crippen molar-refractivity contribution in [2.75, 3.05) is 18.5 Å². The number of aliphatic hydroxyl groups excluding tert-OH is 1. The van der Waals surface area contributed by atoms with Crippen molar-refractivity contribution >= 4 is 17.5 Å². The molecular weight excluding hydrogens is 228 g/mol. The lowest BCUT2D eigenvalue weighted by atomic mass is 10.2. The number of amides is 1. The van der Waals surface area contributed by atoms with Crippen LogP contribution in [0.2, 0.25) is 0 Å². The van der Waals surface area contributed by atoms with E-state index in [0.717, 1.165) is 0 Å². The molecule has 92 valence electrons. The summed E-state index contributed by atoms with van der Waals surface area (Å²) in [4.78, 5) is 21.1. The molecule has 0 fully saturated rings. The first-order chi connectivity index (χ1) is 8.04. The van der Waals surface area contributed by atoms with E-state index in [1.165, 1.54) is 18.2 Å². The zero-order chi connectivity index (χ0) is 12.8. The smallest absolute Gasteiger partial charge is 0.411 e. The molecule has 1 amide bonds. The van der Waals surface area contributed by atoms with Crippen molar-refractivity contribution < 1.29 is 19.6 Å². The monoisotopic (exact) mass is 240 g/mol. The lowest BCUT2D eigenvalue weighted by Crippen LogP contribution is -2.16. The number of carbonyl (C=O) groups is 1. The molecule has 0 aliphatic carbocycles. The van der Waals surface area contributed by atoms with Crippen molar-refractivity contribution in [3.8, 4) is 0 Å². The number of rotatable bonds is 4. The second-order valence-electron chi connectivity index (χ2n) is 3.24. The Labute approximate surface area is 97.2 Å². The van der Waals surface area contributed by atoms with Gasteiger partial charge in [-0.3, -0.25) is 15.4 Å². The van der Waals surface area contributed by atoms with Gasteiger partial charge in [0.2, 0.25) is 0 Å². The maximum atomic E-state index is 11.2. The van der Waals surface area contributed by atoms with Gasteiger partial charge in [-0.15, -0.1) is 0 Å². The maximum Gasteiger partial charge on any atom is 0.411 e. The van der Waals surface area contributed by atoms with E-state index in [4.69, 9.17) is 5.11 Å². The van der Waals surface area contributed by atoms with E-state index in [2.05, 4.69) is 10.1 Å². The first kappa shape index (κ1) is 12.9. The SMILES string of the molecule is Cc1cc([N+](=O)[O-])ccc1NC(=O)OCCO. The molecule has 0 saturated carbocycles. The fraction of sp³-hybridized carbons (Fsp3) is 0.300. The number of nitrogens with one attached hydrogen (secondary N) is 1. The number of ether oxygens (including phenoxy) is 1. The predicted octanol–water partition coefficient (Wildman–Crippen LogP) is 1.44. The molecule has 0 atom stereocenters. The number of aliphatic hydroxyl groups is 1. The van der Waals surface area contributed by atoms with Crippen molar-refractivity contribution in [2.24, 2.45) is 0 Å². The van der Waals surface area contributed by atoms with Crippen molar-refractivity contribution in [3.05, 3.63) is 33.9 Å². The van der Waals surface area contributed by atoms with Crippen LogP contribution in [-0.4, -0.2) is 29.3 Å². The molecule has 0 spiro atoms. The minimum absolute atomic E-state index is 0.0447. The zero-order valence-corrected chi connectivity index (χ0v) is 9.17. The van der Waals surface area contributed by atoms with E-state index in [0.29, 0.717) is 11.3 Å². The molecule has 1 aromatic rings. The number of carbonyl (C=O) groups excluding carboxylic acids is 1. The number of hydrogen-bond donors (Lipinski definition) is 2. The molecule has 0 radical (unpaired) electrons. The minimum Gasteiger partial charge on any atom is -0.447 e. The molecule has 1 aromatic carbocycles. The topological polar surface area (TPSA) is 102 Å². The van der Waals surface area contributed by atoms with Crippen LogP contribution in [0.3, 0.4) is 0 Å². The lowest BCUT2D eigenvalue weighted by molar-refractivity contribution is -0.384. The summed E-state index contributed by atoms with van der Waals surface area (Å²) in [6, 6.07) is 4.06. The van der Waals surface area contributed by atoms with Gasteiger partial charge in [0.05, 0.1) is 11.5 Å². The van der Waals surface area contributed by atoms with Crippen molar-refractivity contribution in [3.63, 3.8) is 0 Å². The van der Waals surface area contributed by atoms with E-state index < -0.39 is 11.0 Å². The van der Waals surface area contributed by atoms with Crippen molar-refractivity contribution in [2.45, 2.75) is 6.92 Å². The van der Waals surface area contributed by atoms with E-state index in [1.54, 1.807) is 6.92 Å². The number of hydrogen-bond acceptors (Lipinski definition) is 5. The fourth-order valence-electron chi connectivity index (χ4n) is 1.19. The van der Waals surface area contributed by atoms with Gasteiger partial charge in [-0.05, 0) is 18.6 Å². The molecule has 0 heterocycles. The molecule has 0 saturated heterocycles. The molecule has 1 rings (SSSR count). The molecule has 2 N–H and O–H groups in total. The summed E-state index contributed by atoms with van der Waals surface area (Å²) in [5, 5.41) is 21.4. The summed E-state index contributed by atoms with van der Waals surface area (Å²) < 4.78 is 4.59. The van der Waals surface area contributed by atoms with Gasteiger partial charge in [0.1, 0.15) is 6.61 Å². The summed E-state index contributed by atoms with van der Waals surface area (Å²) in [6.45, 7) is 1.28. The highest BCUT2D eigenvalue weighted by atomic mass is 16.6. The number of anilines is 1. The van der Waals surface area contributed by atoms with Crippen LogP contribution in [-0.2, 0) is 4.74 Å². The summed E-state index contributed by atoms with van der Waals surface area (Å²) in [5.74, 6) is 0. The van der Waals surface area contributed by atoms with E-state index in [9.17, 15) is 14.9 Å². The Balaban J connectivity index is 2.72. The molecule has 7 heteroatoms. The first-order valence-corrected chi connectivity index (χ1v) is 4.84. The van der Waals surface area contributed by atoms with Crippen molar-refractivity contribution in [1.82, 2.24) is 0 Å². The van der Waals surface area contributed by atoms with Gasteiger partial charge in [-0.2, -0.15) is 0 Å². The molecule has 0 bridgehead atoms. The van der Waals surface area contributed by atoms with Crippen LogP contribution in [0.5, 0.6) is 0 Å². The number of nitro groups is 1. The van der Waals surface area contributed by atoms with Crippen LogP contribution in [0.1, 0.15) is 5.56 Å². The Morgan fingerprint density at radius 3 is 2.82 bits per heavy atom. The Kier molecular flexibility index (Phi) is 4.41. The van der Waals surface area contributed by atoms with Gasteiger partial charge in [0.15, 0.2) is 0 Å². The summed E-state index contributed by atoms with van der Waals surface area (Å²) in [7, 11) is 0. The van der Waals surface area contributed by atoms with Crippen molar-refractivity contribution in [1.29, 1.82) is 0 Å². The van der Waals surface area contributed by atoms with Crippen LogP contribution in [0.4, 0.5) is 16.2 Å². The number of nitrogens with zero attached hydrogens (tertiary/aromatic N) is 1. The fourth-order valence-corrected chi connectivity index (χ4v) is 1.19. The Bertz CT molecular complexity index is 433. The highest BCUT2D eigenvalue weighted by Gasteiger charge is 2.10. The normalized spacial score (nSPS) is 9.76. The number of aryl methyl sites for hydroxylation is 1. The molecular formula is C10H12N2O5. The van der Waals surface area contributed by atoms with Gasteiger partial charge >= 0.3 is 6.09 Å². The van der Waals surface area contributed by atoms with Gasteiger partial charge < -0.3 is 9.84 Å². The Morgan fingerprint density at radius 2 is 2.29 bits per heavy atom. The molecule has 0 unspecified atom stereocenters. The van der Waals surface area contributed by atoms with Gasteiger partial charge in [-0.25, -0.2) is 4.79 Å².